The maximum Gasteiger partial charge on any atom is 0.280 e. The van der Waals surface area contributed by atoms with Gasteiger partial charge in [0.2, 0.25) is 5.95 Å². The fourth-order valence-electron chi connectivity index (χ4n) is 0.759. The van der Waals surface area contributed by atoms with Crippen molar-refractivity contribution in [3.63, 3.8) is 0 Å². The maximum atomic E-state index is 12.8. The number of halogens is 5. The van der Waals surface area contributed by atoms with Gasteiger partial charge in [-0.1, -0.05) is 0 Å². The molecule has 0 unspecified atom stereocenters. The first kappa shape index (κ1) is 10.2. The van der Waals surface area contributed by atoms with Crippen molar-refractivity contribution in [1.82, 2.24) is 4.98 Å². The molecule has 0 saturated carbocycles. The summed E-state index contributed by atoms with van der Waals surface area (Å²) in [5.41, 5.74) is -1.42. The summed E-state index contributed by atoms with van der Waals surface area (Å²) in [4.78, 5) is 2.86. The van der Waals surface area contributed by atoms with E-state index in [-0.39, 0.29) is 0 Å². The minimum atomic E-state index is -2.99. The topological polar surface area (TPSA) is 12.9 Å². The third-order valence-electron chi connectivity index (χ3n) is 1.40. The summed E-state index contributed by atoms with van der Waals surface area (Å²) in [6, 6.07) is 0.478. The molecule has 1 heterocycles. The van der Waals surface area contributed by atoms with Crippen molar-refractivity contribution in [2.24, 2.45) is 0 Å². The number of hydrogen-bond donors (Lipinski definition) is 0. The molecule has 1 aromatic heterocycles. The third-order valence-corrected chi connectivity index (χ3v) is 1.66. The van der Waals surface area contributed by atoms with Crippen LogP contribution in [0, 0.1) is 11.8 Å². The highest BCUT2D eigenvalue weighted by atomic mass is 35.5. The molecule has 0 aliphatic rings. The number of nitrogens with zero attached hydrogens (tertiary/aromatic N) is 1. The van der Waals surface area contributed by atoms with E-state index in [0.29, 0.717) is 6.07 Å². The summed E-state index contributed by atoms with van der Waals surface area (Å²) in [6.07, 6.45) is -2.99. The van der Waals surface area contributed by atoms with Gasteiger partial charge in [0, 0.05) is 6.07 Å². The molecule has 0 radical (unpaired) electrons. The van der Waals surface area contributed by atoms with Gasteiger partial charge in [0.05, 0.1) is 11.4 Å². The molecule has 1 aromatic rings. The molecule has 0 aromatic carbocycles. The van der Waals surface area contributed by atoms with E-state index in [0.717, 1.165) is 0 Å². The zero-order valence-electron chi connectivity index (χ0n) is 6.20. The largest absolute Gasteiger partial charge is 0.280 e. The Kier molecular flexibility index (Phi) is 3.08. The van der Waals surface area contributed by atoms with E-state index in [1.54, 1.807) is 0 Å². The molecule has 0 amide bonds. The Morgan fingerprint density at radius 1 is 1.38 bits per heavy atom. The molecule has 0 aliphatic heterocycles. The number of alkyl halides is 3. The highest BCUT2D eigenvalue weighted by Crippen LogP contribution is 2.21. The van der Waals surface area contributed by atoms with Gasteiger partial charge in [-0.25, -0.2) is 18.2 Å². The fourth-order valence-corrected chi connectivity index (χ4v) is 0.997. The molecule has 0 spiro atoms. The second kappa shape index (κ2) is 3.91. The highest BCUT2D eigenvalue weighted by Gasteiger charge is 2.16. The molecule has 72 valence electrons. The molecule has 0 bridgehead atoms. The Bertz CT molecular complexity index is 292. The lowest BCUT2D eigenvalue weighted by atomic mass is 10.2. The van der Waals surface area contributed by atoms with Gasteiger partial charge in [0.15, 0.2) is 0 Å². The van der Waals surface area contributed by atoms with Gasteiger partial charge >= 0.3 is 0 Å². The minimum Gasteiger partial charge on any atom is -0.218 e. The van der Waals surface area contributed by atoms with Crippen molar-refractivity contribution in [3.05, 3.63) is 29.1 Å². The van der Waals surface area contributed by atoms with Gasteiger partial charge in [-0.15, -0.1) is 11.6 Å². The Morgan fingerprint density at radius 3 is 2.38 bits per heavy atom. The first-order valence-electron chi connectivity index (χ1n) is 3.25. The minimum absolute atomic E-state index is 0.436. The van der Waals surface area contributed by atoms with Crippen LogP contribution in [0.4, 0.5) is 17.6 Å². The molecule has 0 N–H and O–H groups in total. The Labute approximate surface area is 76.3 Å². The zero-order valence-corrected chi connectivity index (χ0v) is 6.95. The van der Waals surface area contributed by atoms with Gasteiger partial charge in [0.25, 0.3) is 6.43 Å². The maximum absolute atomic E-state index is 12.8. The van der Waals surface area contributed by atoms with Gasteiger partial charge in [-0.05, 0) is 0 Å². The van der Waals surface area contributed by atoms with E-state index in [2.05, 4.69) is 4.98 Å². The van der Waals surface area contributed by atoms with E-state index in [4.69, 9.17) is 11.6 Å². The van der Waals surface area contributed by atoms with Crippen molar-refractivity contribution in [2.45, 2.75) is 12.3 Å². The Balaban J connectivity index is 3.20. The van der Waals surface area contributed by atoms with Crippen molar-refractivity contribution in [3.8, 4) is 0 Å². The Hall–Kier alpha value is -0.840. The summed E-state index contributed by atoms with van der Waals surface area (Å²) in [7, 11) is 0. The quantitative estimate of drug-likeness (QED) is 0.418. The lowest BCUT2D eigenvalue weighted by molar-refractivity contribution is 0.144. The average molecular weight is 214 g/mol. The molecule has 0 aliphatic carbocycles. The molecule has 13 heavy (non-hydrogen) atoms. The van der Waals surface area contributed by atoms with E-state index in [9.17, 15) is 17.6 Å². The molecule has 1 nitrogen and oxygen atoms in total. The first-order chi connectivity index (χ1) is 6.06. The molecule has 0 atom stereocenters. The van der Waals surface area contributed by atoms with E-state index >= 15 is 0 Å². The first-order valence-corrected chi connectivity index (χ1v) is 3.78. The third kappa shape index (κ3) is 2.09. The van der Waals surface area contributed by atoms with Crippen molar-refractivity contribution in [1.29, 1.82) is 0 Å². The van der Waals surface area contributed by atoms with Gasteiger partial charge in [0.1, 0.15) is 11.5 Å². The predicted octanol–water partition coefficient (Wildman–Crippen LogP) is 3.04. The lowest BCUT2D eigenvalue weighted by Crippen LogP contribution is -2.01. The summed E-state index contributed by atoms with van der Waals surface area (Å²) in [6.45, 7) is 0. The second-order valence-corrected chi connectivity index (χ2v) is 2.50. The van der Waals surface area contributed by atoms with Gasteiger partial charge in [-0.3, -0.25) is 0 Å². The Morgan fingerprint density at radius 2 is 2.00 bits per heavy atom. The van der Waals surface area contributed by atoms with Crippen LogP contribution in [-0.2, 0) is 5.88 Å². The standard InChI is InChI=1S/C7H4ClF4N/c8-2-3-4(9)1-5(6(10)11)13-7(3)12/h1,6H,2H2. The van der Waals surface area contributed by atoms with E-state index in [1.807, 2.05) is 0 Å². The lowest BCUT2D eigenvalue weighted by Gasteiger charge is -2.03. The molecule has 1 rings (SSSR count). The van der Waals surface area contributed by atoms with Crippen molar-refractivity contribution >= 4 is 11.6 Å². The highest BCUT2D eigenvalue weighted by molar-refractivity contribution is 6.17. The van der Waals surface area contributed by atoms with Gasteiger partial charge in [-0.2, -0.15) is 4.39 Å². The van der Waals surface area contributed by atoms with Crippen LogP contribution < -0.4 is 0 Å². The van der Waals surface area contributed by atoms with Crippen LogP contribution in [0.3, 0.4) is 0 Å². The number of aromatic nitrogens is 1. The normalized spacial score (nSPS) is 10.9. The fraction of sp³-hybridized carbons (Fsp3) is 0.286. The number of hydrogen-bond acceptors (Lipinski definition) is 1. The van der Waals surface area contributed by atoms with Crippen LogP contribution >= 0.6 is 11.6 Å². The van der Waals surface area contributed by atoms with Crippen LogP contribution in [0.25, 0.3) is 0 Å². The number of rotatable bonds is 2. The van der Waals surface area contributed by atoms with E-state index < -0.39 is 35.3 Å². The number of pyridine rings is 1. The van der Waals surface area contributed by atoms with Crippen LogP contribution in [0.5, 0.6) is 0 Å². The van der Waals surface area contributed by atoms with Gasteiger partial charge < -0.3 is 0 Å². The molecule has 6 heteroatoms. The van der Waals surface area contributed by atoms with Crippen LogP contribution in [0.2, 0.25) is 0 Å². The molecule has 0 saturated heterocycles. The smallest absolute Gasteiger partial charge is 0.218 e. The summed E-state index contributed by atoms with van der Waals surface area (Å²) in [5, 5.41) is 0. The summed E-state index contributed by atoms with van der Waals surface area (Å²) >= 11 is 5.16. The summed E-state index contributed by atoms with van der Waals surface area (Å²) in [5.74, 6) is -2.82. The SMILES string of the molecule is Fc1cc(C(F)F)nc(F)c1CCl. The van der Waals surface area contributed by atoms with Crippen LogP contribution in [0.15, 0.2) is 6.07 Å². The molecular formula is C7H4ClF4N. The van der Waals surface area contributed by atoms with Crippen LogP contribution in [0.1, 0.15) is 17.7 Å². The molecular weight excluding hydrogens is 210 g/mol. The van der Waals surface area contributed by atoms with Crippen molar-refractivity contribution < 1.29 is 17.6 Å². The summed E-state index contributed by atoms with van der Waals surface area (Å²) < 4.78 is 49.3. The van der Waals surface area contributed by atoms with Crippen LogP contribution in [-0.4, -0.2) is 4.98 Å². The molecule has 0 fully saturated rings. The monoisotopic (exact) mass is 213 g/mol. The van der Waals surface area contributed by atoms with Crippen molar-refractivity contribution in [2.75, 3.05) is 0 Å². The van der Waals surface area contributed by atoms with E-state index in [1.165, 1.54) is 0 Å². The predicted molar refractivity (Wildman–Crippen MR) is 38.7 cm³/mol. The zero-order chi connectivity index (χ0) is 10.0. The average Bonchev–Trinajstić information content (AvgIpc) is 2.03. The second-order valence-electron chi connectivity index (χ2n) is 2.23.